The van der Waals surface area contributed by atoms with Crippen LogP contribution in [-0.4, -0.2) is 51.6 Å². The number of amides is 2. The molecule has 2 fully saturated rings. The third kappa shape index (κ3) is 5.22. The van der Waals surface area contributed by atoms with Crippen molar-refractivity contribution in [3.05, 3.63) is 66.6 Å². The second-order valence-corrected chi connectivity index (χ2v) is 8.51. The fraction of sp³-hybridized carbons (Fsp3) is 0.360. The Bertz CT molecular complexity index is 1100. The van der Waals surface area contributed by atoms with Crippen molar-refractivity contribution in [2.24, 2.45) is 0 Å². The monoisotopic (exact) mass is 446 g/mol. The van der Waals surface area contributed by atoms with E-state index in [9.17, 15) is 9.59 Å². The maximum absolute atomic E-state index is 13.1. The summed E-state index contributed by atoms with van der Waals surface area (Å²) >= 11 is 0. The molecule has 2 aromatic carbocycles. The minimum Gasteiger partial charge on any atom is -0.488 e. The van der Waals surface area contributed by atoms with Gasteiger partial charge >= 0.3 is 0 Å². The Morgan fingerprint density at radius 3 is 2.52 bits per heavy atom. The van der Waals surface area contributed by atoms with Gasteiger partial charge in [0.2, 0.25) is 23.5 Å². The standard InChI is InChI=1S/C25H26N4O4/c30-23(14-13-22-27-24(28-33-22)17-7-3-1-4-8-17)29-16-20(32-19-9-5-2-6-10-19)15-21(29)25(31)26-18-11-12-18/h1-10,18,20-21H,11-16H2,(H,26,31)/t20-,21-/m0/s1. The summed E-state index contributed by atoms with van der Waals surface area (Å²) in [5.41, 5.74) is 0.857. The van der Waals surface area contributed by atoms with E-state index in [1.54, 1.807) is 4.90 Å². The Morgan fingerprint density at radius 1 is 1.06 bits per heavy atom. The molecule has 5 rings (SSSR count). The second kappa shape index (κ2) is 9.44. The second-order valence-electron chi connectivity index (χ2n) is 8.51. The highest BCUT2D eigenvalue weighted by Crippen LogP contribution is 2.26. The van der Waals surface area contributed by atoms with Crippen LogP contribution in [0.1, 0.15) is 31.6 Å². The highest BCUT2D eigenvalue weighted by molar-refractivity contribution is 5.88. The van der Waals surface area contributed by atoms with Gasteiger partial charge in [0.1, 0.15) is 17.9 Å². The van der Waals surface area contributed by atoms with Gasteiger partial charge in [-0.05, 0) is 25.0 Å². The molecule has 1 N–H and O–H groups in total. The van der Waals surface area contributed by atoms with Crippen LogP contribution in [0.25, 0.3) is 11.4 Å². The van der Waals surface area contributed by atoms with Crippen molar-refractivity contribution < 1.29 is 18.8 Å². The molecule has 1 aliphatic carbocycles. The molecule has 2 aliphatic rings. The zero-order chi connectivity index (χ0) is 22.6. The molecule has 170 valence electrons. The molecule has 2 amide bonds. The molecular formula is C25H26N4O4. The van der Waals surface area contributed by atoms with E-state index >= 15 is 0 Å². The molecule has 0 bridgehead atoms. The van der Waals surface area contributed by atoms with E-state index in [0.717, 1.165) is 24.2 Å². The Kier molecular flexibility index (Phi) is 6.06. The van der Waals surface area contributed by atoms with Crippen LogP contribution in [0.5, 0.6) is 5.75 Å². The van der Waals surface area contributed by atoms with Crippen molar-refractivity contribution in [1.29, 1.82) is 0 Å². The number of para-hydroxylation sites is 1. The zero-order valence-electron chi connectivity index (χ0n) is 18.2. The Morgan fingerprint density at radius 2 is 1.79 bits per heavy atom. The number of aromatic nitrogens is 2. The number of likely N-dealkylation sites (tertiary alicyclic amines) is 1. The predicted molar refractivity (Wildman–Crippen MR) is 120 cm³/mol. The van der Waals surface area contributed by atoms with Gasteiger partial charge in [0.15, 0.2) is 0 Å². The molecule has 3 aromatic rings. The highest BCUT2D eigenvalue weighted by atomic mass is 16.5. The number of rotatable bonds is 8. The summed E-state index contributed by atoms with van der Waals surface area (Å²) < 4.78 is 11.4. The van der Waals surface area contributed by atoms with Crippen molar-refractivity contribution in [3.63, 3.8) is 0 Å². The molecule has 0 spiro atoms. The molecule has 0 unspecified atom stereocenters. The molecule has 1 saturated heterocycles. The van der Waals surface area contributed by atoms with Gasteiger partial charge in [-0.3, -0.25) is 9.59 Å². The number of benzene rings is 2. The van der Waals surface area contributed by atoms with Gasteiger partial charge in [-0.15, -0.1) is 0 Å². The van der Waals surface area contributed by atoms with Crippen LogP contribution in [0.15, 0.2) is 65.2 Å². The first-order chi connectivity index (χ1) is 16.2. The first kappa shape index (κ1) is 21.2. The van der Waals surface area contributed by atoms with Crippen LogP contribution >= 0.6 is 0 Å². The summed E-state index contributed by atoms with van der Waals surface area (Å²) in [6.07, 6.45) is 2.73. The van der Waals surface area contributed by atoms with Gasteiger partial charge < -0.3 is 19.5 Å². The largest absolute Gasteiger partial charge is 0.488 e. The van der Waals surface area contributed by atoms with Gasteiger partial charge in [-0.2, -0.15) is 4.98 Å². The average Bonchev–Trinajstić information content (AvgIpc) is 3.36. The SMILES string of the molecule is O=C(NC1CC1)[C@@H]1C[C@H](Oc2ccccc2)CN1C(=O)CCc1nc(-c2ccccc2)no1. The summed E-state index contributed by atoms with van der Waals surface area (Å²) in [4.78, 5) is 32.0. The van der Waals surface area contributed by atoms with Crippen LogP contribution in [0.2, 0.25) is 0 Å². The smallest absolute Gasteiger partial charge is 0.243 e. The minimum absolute atomic E-state index is 0.103. The van der Waals surface area contributed by atoms with Gasteiger partial charge in [-0.25, -0.2) is 0 Å². The molecule has 33 heavy (non-hydrogen) atoms. The molecule has 2 atom stereocenters. The van der Waals surface area contributed by atoms with Gasteiger partial charge in [-0.1, -0.05) is 53.7 Å². The molecule has 1 saturated carbocycles. The zero-order valence-corrected chi connectivity index (χ0v) is 18.2. The lowest BCUT2D eigenvalue weighted by molar-refractivity contribution is -0.138. The molecule has 2 heterocycles. The third-order valence-electron chi connectivity index (χ3n) is 5.91. The Hall–Kier alpha value is -3.68. The fourth-order valence-corrected chi connectivity index (χ4v) is 4.04. The number of carbonyl (C=O) groups is 2. The fourth-order valence-electron chi connectivity index (χ4n) is 4.04. The van der Waals surface area contributed by atoms with Gasteiger partial charge in [0.05, 0.1) is 6.54 Å². The predicted octanol–water partition coefficient (Wildman–Crippen LogP) is 3.00. The van der Waals surface area contributed by atoms with E-state index < -0.39 is 6.04 Å². The van der Waals surface area contributed by atoms with Crippen molar-refractivity contribution >= 4 is 11.8 Å². The third-order valence-corrected chi connectivity index (χ3v) is 5.91. The lowest BCUT2D eigenvalue weighted by Gasteiger charge is -2.23. The van der Waals surface area contributed by atoms with E-state index in [-0.39, 0.29) is 30.4 Å². The van der Waals surface area contributed by atoms with Crippen molar-refractivity contribution in [2.45, 2.75) is 50.3 Å². The van der Waals surface area contributed by atoms with E-state index in [4.69, 9.17) is 9.26 Å². The number of nitrogens with one attached hydrogen (secondary N) is 1. The number of hydrogen-bond donors (Lipinski definition) is 1. The van der Waals surface area contributed by atoms with Crippen molar-refractivity contribution in [2.75, 3.05) is 6.54 Å². The van der Waals surface area contributed by atoms with Crippen molar-refractivity contribution in [1.82, 2.24) is 20.4 Å². The van der Waals surface area contributed by atoms with Crippen LogP contribution in [-0.2, 0) is 16.0 Å². The molecular weight excluding hydrogens is 420 g/mol. The summed E-state index contributed by atoms with van der Waals surface area (Å²) in [5, 5.41) is 7.04. The van der Waals surface area contributed by atoms with Crippen LogP contribution in [0, 0.1) is 0 Å². The lowest BCUT2D eigenvalue weighted by atomic mass is 10.1. The van der Waals surface area contributed by atoms with Gasteiger partial charge in [0.25, 0.3) is 0 Å². The van der Waals surface area contributed by atoms with Gasteiger partial charge in [0, 0.05) is 30.9 Å². The summed E-state index contributed by atoms with van der Waals surface area (Å²) in [6, 6.07) is 18.7. The van der Waals surface area contributed by atoms with Crippen LogP contribution in [0.4, 0.5) is 0 Å². The van der Waals surface area contributed by atoms with E-state index in [2.05, 4.69) is 15.5 Å². The Balaban J connectivity index is 1.23. The number of carbonyl (C=O) groups excluding carboxylic acids is 2. The summed E-state index contributed by atoms with van der Waals surface area (Å²) in [5.74, 6) is 1.41. The number of ether oxygens (including phenoxy) is 1. The molecule has 0 radical (unpaired) electrons. The maximum atomic E-state index is 13.1. The summed E-state index contributed by atoms with van der Waals surface area (Å²) in [6.45, 7) is 0.371. The molecule has 1 aliphatic heterocycles. The van der Waals surface area contributed by atoms with Crippen LogP contribution in [0.3, 0.4) is 0 Å². The summed E-state index contributed by atoms with van der Waals surface area (Å²) in [7, 11) is 0. The maximum Gasteiger partial charge on any atom is 0.243 e. The normalized spacial score (nSPS) is 19.9. The number of aryl methyl sites for hydroxylation is 1. The first-order valence-corrected chi connectivity index (χ1v) is 11.4. The lowest BCUT2D eigenvalue weighted by Crippen LogP contribution is -2.46. The van der Waals surface area contributed by atoms with E-state index in [1.807, 2.05) is 60.7 Å². The minimum atomic E-state index is -0.533. The number of nitrogens with zero attached hydrogens (tertiary/aromatic N) is 3. The highest BCUT2D eigenvalue weighted by Gasteiger charge is 2.41. The number of hydrogen-bond acceptors (Lipinski definition) is 6. The quantitative estimate of drug-likeness (QED) is 0.571. The van der Waals surface area contributed by atoms with E-state index in [0.29, 0.717) is 31.1 Å². The first-order valence-electron chi connectivity index (χ1n) is 11.4. The van der Waals surface area contributed by atoms with Crippen molar-refractivity contribution in [3.8, 4) is 17.1 Å². The Labute approximate surface area is 191 Å². The molecule has 8 nitrogen and oxygen atoms in total. The van der Waals surface area contributed by atoms with Crippen LogP contribution < -0.4 is 10.1 Å². The van der Waals surface area contributed by atoms with E-state index in [1.165, 1.54) is 0 Å². The topological polar surface area (TPSA) is 97.6 Å². The average molecular weight is 447 g/mol. The molecule has 1 aromatic heterocycles. The molecule has 8 heteroatoms.